The molecule has 0 aliphatic rings. The molecule has 0 spiro atoms. The first kappa shape index (κ1) is 12.7. The molecule has 0 bridgehead atoms. The minimum atomic E-state index is -0.436. The molecule has 0 radical (unpaired) electrons. The second-order valence-corrected chi connectivity index (χ2v) is 3.86. The Morgan fingerprint density at radius 2 is 2.06 bits per heavy atom. The Bertz CT molecular complexity index is 395. The quantitative estimate of drug-likeness (QED) is 0.774. The number of hydrogen-bond donors (Lipinski definition) is 1. The van der Waals surface area contributed by atoms with E-state index in [1.54, 1.807) is 6.92 Å². The number of halogens is 2. The lowest BCUT2D eigenvalue weighted by Crippen LogP contribution is -2.29. The summed E-state index contributed by atoms with van der Waals surface area (Å²) in [6.07, 6.45) is 5.73. The van der Waals surface area contributed by atoms with Crippen LogP contribution in [-0.2, 0) is 0 Å². The van der Waals surface area contributed by atoms with Crippen LogP contribution in [0.3, 0.4) is 0 Å². The van der Waals surface area contributed by atoms with Crippen LogP contribution in [0.15, 0.2) is 18.2 Å². The normalized spacial score (nSPS) is 14.2. The number of rotatable bonds is 4. The molecule has 2 atom stereocenters. The van der Waals surface area contributed by atoms with Crippen LogP contribution in [0.2, 0.25) is 0 Å². The van der Waals surface area contributed by atoms with Crippen molar-refractivity contribution in [2.75, 3.05) is 0 Å². The zero-order valence-electron chi connectivity index (χ0n) is 9.43. The highest BCUT2D eigenvalue weighted by molar-refractivity contribution is 5.22. The Morgan fingerprint density at radius 3 is 2.69 bits per heavy atom. The monoisotopic (exact) mass is 223 g/mol. The SMILES string of the molecule is C#CCC(C)NC(C)c1cc(F)ccc1F. The molecule has 1 N–H and O–H groups in total. The molecule has 0 fully saturated rings. The summed E-state index contributed by atoms with van der Waals surface area (Å²) in [5.41, 5.74) is 0.323. The molecule has 86 valence electrons. The van der Waals surface area contributed by atoms with Gasteiger partial charge >= 0.3 is 0 Å². The molecular weight excluding hydrogens is 208 g/mol. The molecule has 16 heavy (non-hydrogen) atoms. The van der Waals surface area contributed by atoms with Crippen LogP contribution in [0.25, 0.3) is 0 Å². The Kier molecular flexibility index (Phi) is 4.45. The van der Waals surface area contributed by atoms with E-state index in [-0.39, 0.29) is 12.1 Å². The lowest BCUT2D eigenvalue weighted by atomic mass is 10.1. The molecule has 0 aromatic heterocycles. The van der Waals surface area contributed by atoms with Crippen molar-refractivity contribution in [2.45, 2.75) is 32.4 Å². The molecule has 0 saturated heterocycles. The van der Waals surface area contributed by atoms with Crippen LogP contribution in [0.1, 0.15) is 31.9 Å². The second-order valence-electron chi connectivity index (χ2n) is 3.86. The van der Waals surface area contributed by atoms with E-state index in [1.165, 1.54) is 6.07 Å². The summed E-state index contributed by atoms with van der Waals surface area (Å²) < 4.78 is 26.4. The van der Waals surface area contributed by atoms with Gasteiger partial charge in [-0.1, -0.05) is 0 Å². The van der Waals surface area contributed by atoms with Gasteiger partial charge < -0.3 is 5.32 Å². The minimum Gasteiger partial charge on any atom is -0.307 e. The fourth-order valence-electron chi connectivity index (χ4n) is 1.60. The molecule has 0 amide bonds. The van der Waals surface area contributed by atoms with Crippen molar-refractivity contribution in [1.82, 2.24) is 5.32 Å². The summed E-state index contributed by atoms with van der Waals surface area (Å²) in [4.78, 5) is 0. The maximum Gasteiger partial charge on any atom is 0.128 e. The van der Waals surface area contributed by atoms with Gasteiger partial charge in [-0.05, 0) is 32.0 Å². The van der Waals surface area contributed by atoms with Crippen molar-refractivity contribution in [2.24, 2.45) is 0 Å². The summed E-state index contributed by atoms with van der Waals surface area (Å²) in [6.45, 7) is 3.69. The Morgan fingerprint density at radius 1 is 1.38 bits per heavy atom. The van der Waals surface area contributed by atoms with E-state index in [0.717, 1.165) is 12.1 Å². The minimum absolute atomic E-state index is 0.0719. The van der Waals surface area contributed by atoms with Gasteiger partial charge in [-0.25, -0.2) is 8.78 Å². The standard InChI is InChI=1S/C13H15F2N/c1-4-5-9(2)16-10(3)12-8-11(14)6-7-13(12)15/h1,6-10,16H,5H2,2-3H3. The van der Waals surface area contributed by atoms with E-state index in [0.29, 0.717) is 12.0 Å². The third kappa shape index (κ3) is 3.32. The highest BCUT2D eigenvalue weighted by atomic mass is 19.1. The predicted molar refractivity (Wildman–Crippen MR) is 60.8 cm³/mol. The van der Waals surface area contributed by atoms with Gasteiger partial charge in [0.15, 0.2) is 0 Å². The Balaban J connectivity index is 2.76. The summed E-state index contributed by atoms with van der Waals surface area (Å²) in [7, 11) is 0. The van der Waals surface area contributed by atoms with Gasteiger partial charge in [0.2, 0.25) is 0 Å². The topological polar surface area (TPSA) is 12.0 Å². The fourth-order valence-corrected chi connectivity index (χ4v) is 1.60. The van der Waals surface area contributed by atoms with E-state index < -0.39 is 11.6 Å². The van der Waals surface area contributed by atoms with Crippen LogP contribution in [0.4, 0.5) is 8.78 Å². The van der Waals surface area contributed by atoms with Crippen molar-refractivity contribution in [3.63, 3.8) is 0 Å². The summed E-state index contributed by atoms with van der Waals surface area (Å²) in [6, 6.07) is 3.25. The molecule has 1 rings (SSSR count). The zero-order valence-corrected chi connectivity index (χ0v) is 9.43. The molecule has 0 heterocycles. The van der Waals surface area contributed by atoms with E-state index in [4.69, 9.17) is 6.42 Å². The number of terminal acetylenes is 1. The van der Waals surface area contributed by atoms with Crippen molar-refractivity contribution < 1.29 is 8.78 Å². The van der Waals surface area contributed by atoms with E-state index in [2.05, 4.69) is 11.2 Å². The maximum absolute atomic E-state index is 13.4. The van der Waals surface area contributed by atoms with Gasteiger partial charge in [0.25, 0.3) is 0 Å². The van der Waals surface area contributed by atoms with E-state index >= 15 is 0 Å². The highest BCUT2D eigenvalue weighted by Gasteiger charge is 2.13. The number of hydrogen-bond acceptors (Lipinski definition) is 1. The smallest absolute Gasteiger partial charge is 0.128 e. The third-order valence-electron chi connectivity index (χ3n) is 2.38. The average Bonchev–Trinajstić information content (AvgIpc) is 2.21. The molecule has 0 aliphatic carbocycles. The van der Waals surface area contributed by atoms with Gasteiger partial charge in [0.05, 0.1) is 0 Å². The van der Waals surface area contributed by atoms with Crippen molar-refractivity contribution in [3.8, 4) is 12.3 Å². The highest BCUT2D eigenvalue weighted by Crippen LogP contribution is 2.18. The molecular formula is C13H15F2N. The number of benzene rings is 1. The summed E-state index contributed by atoms with van der Waals surface area (Å²) >= 11 is 0. The second kappa shape index (κ2) is 5.62. The molecule has 2 unspecified atom stereocenters. The summed E-state index contributed by atoms with van der Waals surface area (Å²) in [5.74, 6) is 1.68. The largest absolute Gasteiger partial charge is 0.307 e. The number of nitrogens with one attached hydrogen (secondary N) is 1. The third-order valence-corrected chi connectivity index (χ3v) is 2.38. The van der Waals surface area contributed by atoms with Crippen LogP contribution in [0, 0.1) is 24.0 Å². The van der Waals surface area contributed by atoms with Crippen molar-refractivity contribution in [3.05, 3.63) is 35.4 Å². The van der Waals surface area contributed by atoms with Gasteiger partial charge in [-0.15, -0.1) is 12.3 Å². The van der Waals surface area contributed by atoms with E-state index in [1.807, 2.05) is 6.92 Å². The molecule has 1 nitrogen and oxygen atoms in total. The van der Waals surface area contributed by atoms with Crippen LogP contribution in [0.5, 0.6) is 0 Å². The van der Waals surface area contributed by atoms with Crippen LogP contribution >= 0.6 is 0 Å². The molecule has 1 aromatic rings. The lowest BCUT2D eigenvalue weighted by Gasteiger charge is -2.19. The van der Waals surface area contributed by atoms with Crippen LogP contribution < -0.4 is 5.32 Å². The van der Waals surface area contributed by atoms with Gasteiger partial charge in [0.1, 0.15) is 11.6 Å². The van der Waals surface area contributed by atoms with Gasteiger partial charge in [0, 0.05) is 24.1 Å². The first-order valence-electron chi connectivity index (χ1n) is 5.19. The van der Waals surface area contributed by atoms with Crippen LogP contribution in [-0.4, -0.2) is 6.04 Å². The zero-order chi connectivity index (χ0) is 12.1. The summed E-state index contributed by atoms with van der Waals surface area (Å²) in [5, 5.41) is 3.12. The average molecular weight is 223 g/mol. The fraction of sp³-hybridized carbons (Fsp3) is 0.385. The maximum atomic E-state index is 13.4. The Labute approximate surface area is 94.9 Å². The lowest BCUT2D eigenvalue weighted by molar-refractivity contribution is 0.464. The van der Waals surface area contributed by atoms with E-state index in [9.17, 15) is 8.78 Å². The first-order valence-corrected chi connectivity index (χ1v) is 5.19. The predicted octanol–water partition coefficient (Wildman–Crippen LogP) is 3.03. The molecule has 1 aromatic carbocycles. The van der Waals surface area contributed by atoms with Gasteiger partial charge in [-0.3, -0.25) is 0 Å². The Hall–Kier alpha value is -1.40. The molecule has 3 heteroatoms. The molecule has 0 aliphatic heterocycles. The van der Waals surface area contributed by atoms with Crippen molar-refractivity contribution >= 4 is 0 Å². The van der Waals surface area contributed by atoms with Crippen molar-refractivity contribution in [1.29, 1.82) is 0 Å². The molecule has 0 saturated carbocycles. The first-order chi connectivity index (χ1) is 7.54. The van der Waals surface area contributed by atoms with Gasteiger partial charge in [-0.2, -0.15) is 0 Å².